The predicted molar refractivity (Wildman–Crippen MR) is 76.3 cm³/mol. The summed E-state index contributed by atoms with van der Waals surface area (Å²) in [5.74, 6) is -1.03. The summed E-state index contributed by atoms with van der Waals surface area (Å²) in [7, 11) is 0. The Hall–Kier alpha value is -2.11. The molecule has 0 bridgehead atoms. The number of allylic oxidation sites excluding steroid dienone is 1. The van der Waals surface area contributed by atoms with E-state index in [1.807, 2.05) is 4.98 Å². The van der Waals surface area contributed by atoms with Gasteiger partial charge in [0.1, 0.15) is 5.56 Å². The lowest BCUT2D eigenvalue weighted by atomic mass is 10.1. The monoisotopic (exact) mass is 280 g/mol. The van der Waals surface area contributed by atoms with Gasteiger partial charge in [0.25, 0.3) is 5.56 Å². The van der Waals surface area contributed by atoms with Gasteiger partial charge in [0, 0.05) is 13.0 Å². The minimum atomic E-state index is -0.840. The third-order valence-electron chi connectivity index (χ3n) is 3.02. The van der Waals surface area contributed by atoms with Crippen molar-refractivity contribution < 1.29 is 9.90 Å². The SMILES string of the molecule is C=CCn1c(O)c(C(=O)CCCCCC)c(=O)[nH]c1=O. The van der Waals surface area contributed by atoms with Gasteiger partial charge in [0.2, 0.25) is 5.88 Å². The minimum absolute atomic E-state index is 0.0254. The Bertz CT molecular complexity index is 598. The van der Waals surface area contributed by atoms with Crippen molar-refractivity contribution in [2.75, 3.05) is 0 Å². The first-order chi connectivity index (χ1) is 9.52. The molecule has 0 aliphatic rings. The van der Waals surface area contributed by atoms with Crippen LogP contribution in [0.25, 0.3) is 0 Å². The maximum absolute atomic E-state index is 12.0. The molecule has 1 heterocycles. The second kappa shape index (κ2) is 7.47. The number of rotatable bonds is 8. The van der Waals surface area contributed by atoms with Gasteiger partial charge < -0.3 is 5.11 Å². The van der Waals surface area contributed by atoms with Gasteiger partial charge in [-0.05, 0) is 6.42 Å². The molecule has 6 nitrogen and oxygen atoms in total. The smallest absolute Gasteiger partial charge is 0.331 e. The number of ketones is 1. The van der Waals surface area contributed by atoms with E-state index in [0.29, 0.717) is 6.42 Å². The molecule has 0 atom stereocenters. The van der Waals surface area contributed by atoms with Gasteiger partial charge >= 0.3 is 5.69 Å². The molecule has 20 heavy (non-hydrogen) atoms. The van der Waals surface area contributed by atoms with Crippen LogP contribution in [0.3, 0.4) is 0 Å². The van der Waals surface area contributed by atoms with Crippen molar-refractivity contribution in [3.05, 3.63) is 39.1 Å². The van der Waals surface area contributed by atoms with Crippen LogP contribution in [0.1, 0.15) is 49.4 Å². The summed E-state index contributed by atoms with van der Waals surface area (Å²) in [6, 6.07) is 0. The van der Waals surface area contributed by atoms with Crippen molar-refractivity contribution in [1.29, 1.82) is 0 Å². The number of hydrogen-bond acceptors (Lipinski definition) is 4. The quantitative estimate of drug-likeness (QED) is 0.429. The fourth-order valence-electron chi connectivity index (χ4n) is 1.95. The molecular formula is C14H20N2O4. The number of aromatic amines is 1. The number of nitrogens with zero attached hydrogens (tertiary/aromatic N) is 1. The van der Waals surface area contributed by atoms with Gasteiger partial charge in [-0.3, -0.25) is 19.1 Å². The standard InChI is InChI=1S/C14H20N2O4/c1-3-5-6-7-8-10(17)11-12(18)15-14(20)16(9-4-2)13(11)19/h4,19H,2-3,5-9H2,1H3,(H,15,18,20). The zero-order valence-corrected chi connectivity index (χ0v) is 11.6. The van der Waals surface area contributed by atoms with E-state index in [1.54, 1.807) is 0 Å². The molecule has 0 radical (unpaired) electrons. The highest BCUT2D eigenvalue weighted by atomic mass is 16.3. The molecule has 0 saturated heterocycles. The molecule has 0 saturated carbocycles. The molecule has 0 fully saturated rings. The van der Waals surface area contributed by atoms with Crippen LogP contribution in [0.4, 0.5) is 0 Å². The molecule has 6 heteroatoms. The highest BCUT2D eigenvalue weighted by molar-refractivity contribution is 5.97. The summed E-state index contributed by atoms with van der Waals surface area (Å²) < 4.78 is 0.910. The highest BCUT2D eigenvalue weighted by Gasteiger charge is 2.19. The number of carbonyl (C=O) groups is 1. The molecule has 110 valence electrons. The lowest BCUT2D eigenvalue weighted by Crippen LogP contribution is -2.33. The summed E-state index contributed by atoms with van der Waals surface area (Å²) in [4.78, 5) is 37.2. The first-order valence-corrected chi connectivity index (χ1v) is 6.73. The normalized spacial score (nSPS) is 10.4. The summed E-state index contributed by atoms with van der Waals surface area (Å²) >= 11 is 0. The van der Waals surface area contributed by atoms with E-state index < -0.39 is 22.9 Å². The number of nitrogens with one attached hydrogen (secondary N) is 1. The van der Waals surface area contributed by atoms with Gasteiger partial charge in [-0.1, -0.05) is 32.3 Å². The molecule has 0 aliphatic heterocycles. The van der Waals surface area contributed by atoms with Crippen molar-refractivity contribution >= 4 is 5.78 Å². The lowest BCUT2D eigenvalue weighted by molar-refractivity contribution is 0.0973. The molecule has 0 aromatic carbocycles. The Morgan fingerprint density at radius 1 is 1.35 bits per heavy atom. The molecule has 0 unspecified atom stereocenters. The fourth-order valence-corrected chi connectivity index (χ4v) is 1.95. The van der Waals surface area contributed by atoms with Crippen LogP contribution in [0.15, 0.2) is 22.2 Å². The first kappa shape index (κ1) is 15.9. The van der Waals surface area contributed by atoms with Crippen LogP contribution in [-0.2, 0) is 6.54 Å². The number of H-pyrrole nitrogens is 1. The van der Waals surface area contributed by atoms with Crippen molar-refractivity contribution in [3.8, 4) is 5.88 Å². The largest absolute Gasteiger partial charge is 0.494 e. The van der Waals surface area contributed by atoms with Gasteiger partial charge in [0.15, 0.2) is 5.78 Å². The average molecular weight is 280 g/mol. The lowest BCUT2D eigenvalue weighted by Gasteiger charge is -2.08. The third kappa shape index (κ3) is 3.69. The van der Waals surface area contributed by atoms with Crippen LogP contribution in [0.5, 0.6) is 5.88 Å². The Kier molecular flexibility index (Phi) is 5.96. The van der Waals surface area contributed by atoms with Gasteiger partial charge in [-0.25, -0.2) is 4.79 Å². The highest BCUT2D eigenvalue weighted by Crippen LogP contribution is 2.14. The van der Waals surface area contributed by atoms with Gasteiger partial charge in [-0.2, -0.15) is 0 Å². The van der Waals surface area contributed by atoms with Crippen molar-refractivity contribution in [2.45, 2.75) is 45.6 Å². The maximum Gasteiger partial charge on any atom is 0.331 e. The number of carbonyl (C=O) groups excluding carboxylic acids is 1. The van der Waals surface area contributed by atoms with Crippen LogP contribution in [0.2, 0.25) is 0 Å². The molecule has 2 N–H and O–H groups in total. The average Bonchev–Trinajstić information content (AvgIpc) is 2.39. The number of aromatic hydroxyl groups is 1. The fraction of sp³-hybridized carbons (Fsp3) is 0.500. The minimum Gasteiger partial charge on any atom is -0.494 e. The molecule has 0 spiro atoms. The summed E-state index contributed by atoms with van der Waals surface area (Å²) in [5, 5.41) is 9.93. The molecule has 1 rings (SSSR count). The first-order valence-electron chi connectivity index (χ1n) is 6.73. The third-order valence-corrected chi connectivity index (χ3v) is 3.02. The van der Waals surface area contributed by atoms with Crippen LogP contribution >= 0.6 is 0 Å². The van der Waals surface area contributed by atoms with Crippen LogP contribution in [0, 0.1) is 0 Å². The maximum atomic E-state index is 12.0. The van der Waals surface area contributed by atoms with E-state index in [-0.39, 0.29) is 18.5 Å². The van der Waals surface area contributed by atoms with E-state index in [0.717, 1.165) is 23.8 Å². The van der Waals surface area contributed by atoms with Crippen LogP contribution < -0.4 is 11.2 Å². The topological polar surface area (TPSA) is 92.2 Å². The Morgan fingerprint density at radius 3 is 2.65 bits per heavy atom. The Labute approximate surface area is 116 Å². The zero-order valence-electron chi connectivity index (χ0n) is 11.6. The Morgan fingerprint density at radius 2 is 2.05 bits per heavy atom. The Balaban J connectivity index is 3.02. The molecule has 1 aromatic heterocycles. The van der Waals surface area contributed by atoms with Crippen LogP contribution in [-0.4, -0.2) is 20.4 Å². The number of aromatic nitrogens is 2. The van der Waals surface area contributed by atoms with E-state index >= 15 is 0 Å². The number of unbranched alkanes of at least 4 members (excludes halogenated alkanes) is 3. The van der Waals surface area contributed by atoms with E-state index in [4.69, 9.17) is 0 Å². The van der Waals surface area contributed by atoms with Crippen molar-refractivity contribution in [2.24, 2.45) is 0 Å². The molecule has 1 aromatic rings. The van der Waals surface area contributed by atoms with E-state index in [2.05, 4.69) is 13.5 Å². The summed E-state index contributed by atoms with van der Waals surface area (Å²) in [5.41, 5.74) is -1.94. The van der Waals surface area contributed by atoms with E-state index in [9.17, 15) is 19.5 Å². The second-order valence-electron chi connectivity index (χ2n) is 4.59. The molecule has 0 amide bonds. The summed E-state index contributed by atoms with van der Waals surface area (Å²) in [6.07, 6.45) is 5.20. The van der Waals surface area contributed by atoms with Crippen molar-refractivity contribution in [1.82, 2.24) is 9.55 Å². The second-order valence-corrected chi connectivity index (χ2v) is 4.59. The predicted octanol–water partition coefficient (Wildman–Crippen LogP) is 1.58. The summed E-state index contributed by atoms with van der Waals surface area (Å²) in [6.45, 7) is 5.54. The number of Topliss-reactive ketones (excluding diaryl/α,β-unsaturated/α-hetero) is 1. The zero-order chi connectivity index (χ0) is 15.1. The van der Waals surface area contributed by atoms with Crippen molar-refractivity contribution in [3.63, 3.8) is 0 Å². The number of hydrogen-bond donors (Lipinski definition) is 2. The van der Waals surface area contributed by atoms with Gasteiger partial charge in [0.05, 0.1) is 0 Å². The van der Waals surface area contributed by atoms with Gasteiger partial charge in [-0.15, -0.1) is 6.58 Å². The van der Waals surface area contributed by atoms with E-state index in [1.165, 1.54) is 6.08 Å². The molecular weight excluding hydrogens is 260 g/mol. The molecule has 0 aliphatic carbocycles.